The van der Waals surface area contributed by atoms with Crippen LogP contribution in [0.4, 0.5) is 5.82 Å². The number of nitrogens with zero attached hydrogens (tertiary/aromatic N) is 3. The minimum atomic E-state index is -0.776. The van der Waals surface area contributed by atoms with Crippen molar-refractivity contribution in [3.8, 4) is 6.07 Å². The molecule has 1 aromatic rings. The van der Waals surface area contributed by atoms with Crippen molar-refractivity contribution >= 4 is 11.8 Å². The first-order valence-corrected chi connectivity index (χ1v) is 6.11. The molecule has 0 unspecified atom stereocenters. The van der Waals surface area contributed by atoms with Gasteiger partial charge in [0.25, 0.3) is 0 Å². The monoisotopic (exact) mass is 262 g/mol. The van der Waals surface area contributed by atoms with E-state index >= 15 is 0 Å². The molecule has 1 aromatic heterocycles. The van der Waals surface area contributed by atoms with E-state index < -0.39 is 5.97 Å². The molecule has 6 heteroatoms. The highest BCUT2D eigenvalue weighted by Gasteiger charge is 2.19. The fourth-order valence-electron chi connectivity index (χ4n) is 1.64. The zero-order chi connectivity index (χ0) is 14.3. The lowest BCUT2D eigenvalue weighted by Gasteiger charge is -2.23. The van der Waals surface area contributed by atoms with Gasteiger partial charge in [-0.05, 0) is 18.3 Å². The lowest BCUT2D eigenvalue weighted by atomic mass is 9.84. The minimum Gasteiger partial charge on any atom is -0.481 e. The molecule has 0 spiro atoms. The topological polar surface area (TPSA) is 98.9 Å². The number of anilines is 1. The Morgan fingerprint density at radius 1 is 1.42 bits per heavy atom. The molecule has 1 rings (SSSR count). The zero-order valence-corrected chi connectivity index (χ0v) is 11.2. The van der Waals surface area contributed by atoms with Gasteiger partial charge in [0.1, 0.15) is 6.07 Å². The summed E-state index contributed by atoms with van der Waals surface area (Å²) >= 11 is 0. The van der Waals surface area contributed by atoms with Gasteiger partial charge in [-0.25, -0.2) is 9.97 Å². The third-order valence-electron chi connectivity index (χ3n) is 2.91. The standard InChI is InChI=1S/C13H18N4O2/c1-13(2,4-3-11(18)19)5-6-16-12-10(9-14)15-7-8-17-12/h7-8H,3-6H2,1-2H3,(H,16,17)(H,18,19). The molecule has 0 aliphatic carbocycles. The number of aromatic nitrogens is 2. The molecule has 102 valence electrons. The zero-order valence-electron chi connectivity index (χ0n) is 11.2. The molecule has 0 amide bonds. The van der Waals surface area contributed by atoms with E-state index in [1.54, 1.807) is 0 Å². The van der Waals surface area contributed by atoms with Crippen LogP contribution in [0.5, 0.6) is 0 Å². The van der Waals surface area contributed by atoms with E-state index in [0.29, 0.717) is 18.8 Å². The molecule has 0 aliphatic rings. The molecule has 0 radical (unpaired) electrons. The summed E-state index contributed by atoms with van der Waals surface area (Å²) in [6.07, 6.45) is 4.58. The van der Waals surface area contributed by atoms with Crippen molar-refractivity contribution < 1.29 is 9.90 Å². The second-order valence-corrected chi connectivity index (χ2v) is 5.10. The van der Waals surface area contributed by atoms with Gasteiger partial charge in [0.2, 0.25) is 0 Å². The van der Waals surface area contributed by atoms with Crippen LogP contribution in [0, 0.1) is 16.7 Å². The van der Waals surface area contributed by atoms with Crippen LogP contribution in [0.2, 0.25) is 0 Å². The molecule has 0 fully saturated rings. The molecule has 0 saturated carbocycles. The number of carboxylic acid groups (broad SMARTS) is 1. The minimum absolute atomic E-state index is 0.0690. The van der Waals surface area contributed by atoms with E-state index in [4.69, 9.17) is 10.4 Å². The van der Waals surface area contributed by atoms with E-state index in [1.165, 1.54) is 12.4 Å². The number of carboxylic acids is 1. The first-order chi connectivity index (χ1) is 8.94. The molecule has 0 aromatic carbocycles. The summed E-state index contributed by atoms with van der Waals surface area (Å²) in [4.78, 5) is 18.5. The van der Waals surface area contributed by atoms with Gasteiger partial charge >= 0.3 is 5.97 Å². The van der Waals surface area contributed by atoms with Crippen LogP contribution in [0.25, 0.3) is 0 Å². The van der Waals surface area contributed by atoms with Gasteiger partial charge in [0.15, 0.2) is 11.5 Å². The normalized spacial score (nSPS) is 10.8. The molecular formula is C13H18N4O2. The van der Waals surface area contributed by atoms with Gasteiger partial charge in [0.05, 0.1) is 0 Å². The second-order valence-electron chi connectivity index (χ2n) is 5.10. The summed E-state index contributed by atoms with van der Waals surface area (Å²) in [5.74, 6) is -0.305. The maximum Gasteiger partial charge on any atom is 0.303 e. The van der Waals surface area contributed by atoms with Crippen LogP contribution in [0.15, 0.2) is 12.4 Å². The Kier molecular flexibility index (Phi) is 5.24. The van der Waals surface area contributed by atoms with Crippen LogP contribution in [-0.2, 0) is 4.79 Å². The number of hydrogen-bond acceptors (Lipinski definition) is 5. The van der Waals surface area contributed by atoms with Gasteiger partial charge in [-0.3, -0.25) is 4.79 Å². The van der Waals surface area contributed by atoms with Crippen molar-refractivity contribution in [1.82, 2.24) is 9.97 Å². The van der Waals surface area contributed by atoms with Crippen molar-refractivity contribution in [2.24, 2.45) is 5.41 Å². The maximum absolute atomic E-state index is 10.6. The van der Waals surface area contributed by atoms with E-state index in [9.17, 15) is 4.79 Å². The number of nitriles is 1. The first kappa shape index (κ1) is 14.9. The molecule has 2 N–H and O–H groups in total. The summed E-state index contributed by atoms with van der Waals surface area (Å²) in [5, 5.41) is 20.6. The predicted octanol–water partition coefficient (Wildman–Crippen LogP) is 2.04. The van der Waals surface area contributed by atoms with Crippen LogP contribution in [0.3, 0.4) is 0 Å². The smallest absolute Gasteiger partial charge is 0.303 e. The number of aliphatic carboxylic acids is 1. The average Bonchev–Trinajstić information content (AvgIpc) is 2.37. The number of hydrogen-bond donors (Lipinski definition) is 2. The summed E-state index contributed by atoms with van der Waals surface area (Å²) < 4.78 is 0. The van der Waals surface area contributed by atoms with Crippen LogP contribution in [0.1, 0.15) is 38.8 Å². The van der Waals surface area contributed by atoms with Gasteiger partial charge in [0, 0.05) is 25.4 Å². The predicted molar refractivity (Wildman–Crippen MR) is 70.5 cm³/mol. The highest BCUT2D eigenvalue weighted by Crippen LogP contribution is 2.26. The second kappa shape index (κ2) is 6.69. The molecule has 0 saturated heterocycles. The molecule has 0 atom stereocenters. The van der Waals surface area contributed by atoms with Gasteiger partial charge < -0.3 is 10.4 Å². The van der Waals surface area contributed by atoms with Crippen molar-refractivity contribution in [3.63, 3.8) is 0 Å². The molecule has 0 aliphatic heterocycles. The highest BCUT2D eigenvalue weighted by molar-refractivity contribution is 5.66. The van der Waals surface area contributed by atoms with Crippen molar-refractivity contribution in [2.75, 3.05) is 11.9 Å². The van der Waals surface area contributed by atoms with Crippen LogP contribution in [-0.4, -0.2) is 27.6 Å². The quantitative estimate of drug-likeness (QED) is 0.780. The lowest BCUT2D eigenvalue weighted by molar-refractivity contribution is -0.137. The Morgan fingerprint density at radius 3 is 2.74 bits per heavy atom. The van der Waals surface area contributed by atoms with E-state index in [0.717, 1.165) is 6.42 Å². The lowest BCUT2D eigenvalue weighted by Crippen LogP contribution is -2.19. The van der Waals surface area contributed by atoms with Gasteiger partial charge in [-0.1, -0.05) is 13.8 Å². The van der Waals surface area contributed by atoms with Crippen molar-refractivity contribution in [1.29, 1.82) is 5.26 Å². The first-order valence-electron chi connectivity index (χ1n) is 6.11. The molecule has 0 bridgehead atoms. The Hall–Kier alpha value is -2.16. The van der Waals surface area contributed by atoms with E-state index in [2.05, 4.69) is 15.3 Å². The molecule has 19 heavy (non-hydrogen) atoms. The Morgan fingerprint density at radius 2 is 2.11 bits per heavy atom. The fraction of sp³-hybridized carbons (Fsp3) is 0.538. The Bertz CT molecular complexity index is 480. The maximum atomic E-state index is 10.6. The van der Waals surface area contributed by atoms with Crippen LogP contribution < -0.4 is 5.32 Å². The third kappa shape index (κ3) is 5.34. The summed E-state index contributed by atoms with van der Waals surface area (Å²) in [6, 6.07) is 1.97. The van der Waals surface area contributed by atoms with E-state index in [1.807, 2.05) is 19.9 Å². The van der Waals surface area contributed by atoms with Gasteiger partial charge in [-0.2, -0.15) is 5.26 Å². The number of nitrogens with one attached hydrogen (secondary N) is 1. The SMILES string of the molecule is CC(C)(CCNc1nccnc1C#N)CCC(=O)O. The summed E-state index contributed by atoms with van der Waals surface area (Å²) in [7, 11) is 0. The molecular weight excluding hydrogens is 244 g/mol. The van der Waals surface area contributed by atoms with Crippen molar-refractivity contribution in [2.45, 2.75) is 33.1 Å². The highest BCUT2D eigenvalue weighted by atomic mass is 16.4. The summed E-state index contributed by atoms with van der Waals surface area (Å²) in [5.41, 5.74) is 0.200. The van der Waals surface area contributed by atoms with Gasteiger partial charge in [-0.15, -0.1) is 0 Å². The Balaban J connectivity index is 2.45. The molecule has 6 nitrogen and oxygen atoms in total. The average molecular weight is 262 g/mol. The third-order valence-corrected chi connectivity index (χ3v) is 2.91. The van der Waals surface area contributed by atoms with E-state index in [-0.39, 0.29) is 17.5 Å². The number of carbonyl (C=O) groups is 1. The number of rotatable bonds is 7. The molecule has 1 heterocycles. The largest absolute Gasteiger partial charge is 0.481 e. The fourth-order valence-corrected chi connectivity index (χ4v) is 1.64. The Labute approximate surface area is 112 Å². The van der Waals surface area contributed by atoms with Crippen LogP contribution >= 0.6 is 0 Å². The summed E-state index contributed by atoms with van der Waals surface area (Å²) in [6.45, 7) is 4.68. The van der Waals surface area contributed by atoms with Crippen molar-refractivity contribution in [3.05, 3.63) is 18.1 Å².